The molecule has 5 N–H and O–H groups in total. The summed E-state index contributed by atoms with van der Waals surface area (Å²) in [5, 5.41) is 15.5. The Morgan fingerprint density at radius 1 is 1.04 bits per heavy atom. The van der Waals surface area contributed by atoms with Crippen LogP contribution in [0.25, 0.3) is 0 Å². The molecule has 14 heteroatoms. The number of benzene rings is 3. The van der Waals surface area contributed by atoms with Crippen molar-refractivity contribution in [2.24, 2.45) is 5.92 Å². The van der Waals surface area contributed by atoms with E-state index in [4.69, 9.17) is 10.5 Å². The van der Waals surface area contributed by atoms with Crippen molar-refractivity contribution >= 4 is 44.8 Å². The van der Waals surface area contributed by atoms with Crippen LogP contribution in [0.5, 0.6) is 5.75 Å². The molecule has 4 rings (SSSR count). The summed E-state index contributed by atoms with van der Waals surface area (Å²) in [5.41, 5.74) is 7.45. The molecule has 1 aliphatic heterocycles. The van der Waals surface area contributed by atoms with Gasteiger partial charge in [0.05, 0.1) is 41.0 Å². The summed E-state index contributed by atoms with van der Waals surface area (Å²) >= 11 is 0. The Hall–Kier alpha value is -4.53. The molecule has 3 aromatic carbocycles. The molecule has 3 amide bonds. The zero-order valence-corrected chi connectivity index (χ0v) is 28.7. The summed E-state index contributed by atoms with van der Waals surface area (Å²) in [5.74, 6) is -1.52. The number of nitrogens with zero attached hydrogens (tertiary/aromatic N) is 2. The first-order valence-corrected chi connectivity index (χ1v) is 17.6. The molecular formula is C35H44FN5O7S. The lowest BCUT2D eigenvalue weighted by molar-refractivity contribution is -0.116. The Labute approximate surface area is 286 Å². The number of nitrogen functional groups attached to an aromatic ring is 1. The Morgan fingerprint density at radius 3 is 2.35 bits per heavy atom. The van der Waals surface area contributed by atoms with Crippen molar-refractivity contribution in [3.63, 3.8) is 0 Å². The number of hydrogen-bond acceptors (Lipinski definition) is 8. The molecule has 12 nitrogen and oxygen atoms in total. The van der Waals surface area contributed by atoms with Crippen LogP contribution in [0, 0.1) is 11.7 Å². The number of fused-ring (bicyclic) bond motifs is 1. The predicted octanol–water partition coefficient (Wildman–Crippen LogP) is 4.48. The Balaban J connectivity index is 1.40. The maximum Gasteiger partial charge on any atom is 0.258 e. The average Bonchev–Trinajstić information content (AvgIpc) is 3.07. The number of carbonyl (C=O) groups excluding carboxylic acids is 3. The SMILES string of the molecule is C[C@H]1CN([C@@H](C)CO)C(=O)c2cc(NC(=O)CCCCCC(=O)Nc3ccccc3N)ccc2O[C@@H]1CN(C)S(=O)(=O)c1ccc(F)cc1. The van der Waals surface area contributed by atoms with E-state index in [9.17, 15) is 32.3 Å². The molecule has 1 heterocycles. The lowest BCUT2D eigenvalue weighted by Crippen LogP contribution is -2.50. The van der Waals surface area contributed by atoms with E-state index < -0.39 is 33.9 Å². The van der Waals surface area contributed by atoms with E-state index >= 15 is 0 Å². The molecule has 0 saturated carbocycles. The molecule has 3 atom stereocenters. The number of carbonyl (C=O) groups is 3. The summed E-state index contributed by atoms with van der Waals surface area (Å²) in [6.45, 7) is 3.34. The minimum Gasteiger partial charge on any atom is -0.488 e. The number of ether oxygens (including phenoxy) is 1. The highest BCUT2D eigenvalue weighted by Gasteiger charge is 2.35. The number of aliphatic hydroxyl groups excluding tert-OH is 1. The second-order valence-electron chi connectivity index (χ2n) is 12.3. The molecule has 0 spiro atoms. The molecule has 0 saturated heterocycles. The number of para-hydroxylation sites is 2. The number of nitrogens with two attached hydrogens (primary N) is 1. The van der Waals surface area contributed by atoms with E-state index in [0.29, 0.717) is 42.7 Å². The van der Waals surface area contributed by atoms with E-state index in [1.807, 2.05) is 6.92 Å². The number of anilines is 3. The molecule has 3 aromatic rings. The minimum absolute atomic E-state index is 0.0689. The largest absolute Gasteiger partial charge is 0.488 e. The summed E-state index contributed by atoms with van der Waals surface area (Å²) < 4.78 is 47.4. The molecule has 0 fully saturated rings. The molecule has 264 valence electrons. The first-order chi connectivity index (χ1) is 23.3. The van der Waals surface area contributed by atoms with Crippen LogP contribution >= 0.6 is 0 Å². The normalized spacial score (nSPS) is 17.0. The van der Waals surface area contributed by atoms with Crippen LogP contribution in [0.15, 0.2) is 71.6 Å². The number of rotatable bonds is 14. The van der Waals surface area contributed by atoms with E-state index in [1.165, 1.54) is 30.1 Å². The van der Waals surface area contributed by atoms with Gasteiger partial charge in [0, 0.05) is 38.0 Å². The Morgan fingerprint density at radius 2 is 1.69 bits per heavy atom. The van der Waals surface area contributed by atoms with E-state index in [1.54, 1.807) is 43.3 Å². The van der Waals surface area contributed by atoms with Crippen molar-refractivity contribution in [3.05, 3.63) is 78.1 Å². The first-order valence-electron chi connectivity index (χ1n) is 16.2. The van der Waals surface area contributed by atoms with Gasteiger partial charge in [-0.15, -0.1) is 0 Å². The lowest BCUT2D eigenvalue weighted by Gasteiger charge is -2.38. The van der Waals surface area contributed by atoms with Crippen molar-refractivity contribution in [2.75, 3.05) is 43.1 Å². The Bertz CT molecular complexity index is 1740. The molecule has 0 unspecified atom stereocenters. The van der Waals surface area contributed by atoms with Crippen molar-refractivity contribution in [2.45, 2.75) is 63.0 Å². The van der Waals surface area contributed by atoms with Crippen LogP contribution in [0.3, 0.4) is 0 Å². The van der Waals surface area contributed by atoms with Gasteiger partial charge in [0.25, 0.3) is 5.91 Å². The third-order valence-corrected chi connectivity index (χ3v) is 10.3. The fourth-order valence-electron chi connectivity index (χ4n) is 5.45. The predicted molar refractivity (Wildman–Crippen MR) is 185 cm³/mol. The first kappa shape index (κ1) is 37.3. The third kappa shape index (κ3) is 9.77. The van der Waals surface area contributed by atoms with Gasteiger partial charge in [-0.25, -0.2) is 12.8 Å². The van der Waals surface area contributed by atoms with Crippen LogP contribution < -0.4 is 21.1 Å². The molecule has 49 heavy (non-hydrogen) atoms. The summed E-state index contributed by atoms with van der Waals surface area (Å²) in [4.78, 5) is 40.2. The van der Waals surface area contributed by atoms with Gasteiger partial charge in [0.2, 0.25) is 21.8 Å². The van der Waals surface area contributed by atoms with Crippen LogP contribution in [-0.4, -0.2) is 79.3 Å². The van der Waals surface area contributed by atoms with Gasteiger partial charge in [-0.1, -0.05) is 25.5 Å². The van der Waals surface area contributed by atoms with E-state index in [2.05, 4.69) is 10.6 Å². The quantitative estimate of drug-likeness (QED) is 0.141. The smallest absolute Gasteiger partial charge is 0.258 e. The van der Waals surface area contributed by atoms with E-state index in [0.717, 1.165) is 16.4 Å². The molecule has 0 aromatic heterocycles. The summed E-state index contributed by atoms with van der Waals surface area (Å²) in [7, 11) is -2.57. The number of hydrogen-bond donors (Lipinski definition) is 4. The molecule has 0 aliphatic carbocycles. The monoisotopic (exact) mass is 697 g/mol. The number of amides is 3. The van der Waals surface area contributed by atoms with Gasteiger partial charge in [0.15, 0.2) is 0 Å². The summed E-state index contributed by atoms with van der Waals surface area (Å²) in [6.07, 6.45) is 1.59. The fourth-order valence-corrected chi connectivity index (χ4v) is 6.63. The molecule has 0 radical (unpaired) electrons. The Kier molecular flexibility index (Phi) is 12.7. The van der Waals surface area contributed by atoms with Crippen molar-refractivity contribution in [1.29, 1.82) is 0 Å². The van der Waals surface area contributed by atoms with Gasteiger partial charge in [-0.2, -0.15) is 4.31 Å². The lowest BCUT2D eigenvalue weighted by atomic mass is 9.99. The zero-order valence-electron chi connectivity index (χ0n) is 27.9. The average molecular weight is 698 g/mol. The maximum atomic E-state index is 13.8. The number of sulfonamides is 1. The van der Waals surface area contributed by atoms with Crippen molar-refractivity contribution < 1.29 is 37.0 Å². The van der Waals surface area contributed by atoms with Crippen LogP contribution in [0.1, 0.15) is 56.3 Å². The maximum absolute atomic E-state index is 13.8. The molecule has 0 bridgehead atoms. The minimum atomic E-state index is -3.98. The van der Waals surface area contributed by atoms with E-state index in [-0.39, 0.29) is 60.1 Å². The summed E-state index contributed by atoms with van der Waals surface area (Å²) in [6, 6.07) is 15.7. The standard InChI is InChI=1S/C35H44FN5O7S/c1-23-20-41(24(2)22-42)35(45)28-19-26(38-33(43)11-5-4-6-12-34(44)39-30-10-8-7-9-29(30)37)15-18-31(28)48-32(23)21-40(3)49(46,47)27-16-13-25(36)14-17-27/h7-10,13-19,23-24,32,42H,4-6,11-12,20-22,37H2,1-3H3,(H,38,43)(H,39,44)/t23-,24-,32+/m0/s1. The van der Waals surface area contributed by atoms with Gasteiger partial charge in [-0.3, -0.25) is 14.4 Å². The molecule has 1 aliphatic rings. The number of aliphatic hydroxyl groups is 1. The number of unbranched alkanes of at least 4 members (excludes halogenated alkanes) is 2. The highest BCUT2D eigenvalue weighted by molar-refractivity contribution is 7.89. The molecular weight excluding hydrogens is 653 g/mol. The topological polar surface area (TPSA) is 171 Å². The van der Waals surface area contributed by atoms with Gasteiger partial charge < -0.3 is 31.1 Å². The van der Waals surface area contributed by atoms with Crippen LogP contribution in [-0.2, 0) is 19.6 Å². The number of halogens is 1. The third-order valence-electron chi connectivity index (χ3n) is 8.45. The zero-order chi connectivity index (χ0) is 35.7. The van der Waals surface area contributed by atoms with Crippen molar-refractivity contribution in [1.82, 2.24) is 9.21 Å². The fraction of sp³-hybridized carbons (Fsp3) is 0.400. The second-order valence-corrected chi connectivity index (χ2v) is 14.4. The van der Waals surface area contributed by atoms with Crippen molar-refractivity contribution in [3.8, 4) is 5.75 Å². The van der Waals surface area contributed by atoms with Crippen LogP contribution in [0.2, 0.25) is 0 Å². The number of likely N-dealkylation sites (N-methyl/N-ethyl adjacent to an activating group) is 1. The highest BCUT2D eigenvalue weighted by atomic mass is 32.2. The highest BCUT2D eigenvalue weighted by Crippen LogP contribution is 2.31. The van der Waals surface area contributed by atoms with Crippen LogP contribution in [0.4, 0.5) is 21.5 Å². The second kappa shape index (κ2) is 16.7. The van der Waals surface area contributed by atoms with Gasteiger partial charge in [-0.05, 0) is 74.4 Å². The van der Waals surface area contributed by atoms with Gasteiger partial charge >= 0.3 is 0 Å². The van der Waals surface area contributed by atoms with Gasteiger partial charge in [0.1, 0.15) is 17.7 Å². The number of nitrogens with one attached hydrogen (secondary N) is 2.